The molecule has 0 saturated heterocycles. The zero-order chi connectivity index (χ0) is 13.6. The summed E-state index contributed by atoms with van der Waals surface area (Å²) in [5, 5.41) is 0. The summed E-state index contributed by atoms with van der Waals surface area (Å²) in [6.07, 6.45) is 0. The highest BCUT2D eigenvalue weighted by molar-refractivity contribution is 5.81. The second-order valence-electron chi connectivity index (χ2n) is 4.91. The number of aryl methyl sites for hydroxylation is 3. The number of fused-ring (bicyclic) bond motifs is 1. The third-order valence-corrected chi connectivity index (χ3v) is 3.66. The van der Waals surface area contributed by atoms with Crippen LogP contribution in [0.5, 0.6) is 0 Å². The summed E-state index contributed by atoms with van der Waals surface area (Å²) in [4.78, 5) is 4.79. The Hall–Kier alpha value is -2.07. The van der Waals surface area contributed by atoms with Crippen molar-refractivity contribution in [2.24, 2.45) is 12.8 Å². The van der Waals surface area contributed by atoms with E-state index in [9.17, 15) is 0 Å². The van der Waals surface area contributed by atoms with Crippen molar-refractivity contribution in [3.63, 3.8) is 0 Å². The zero-order valence-electron chi connectivity index (χ0n) is 11.5. The van der Waals surface area contributed by atoms with Gasteiger partial charge in [-0.3, -0.25) is 4.57 Å². The van der Waals surface area contributed by atoms with Gasteiger partial charge in [-0.1, -0.05) is 12.1 Å². The Morgan fingerprint density at radius 3 is 2.42 bits per heavy atom. The van der Waals surface area contributed by atoms with Gasteiger partial charge < -0.3 is 10.3 Å². The van der Waals surface area contributed by atoms with Crippen molar-refractivity contribution in [3.05, 3.63) is 47.3 Å². The van der Waals surface area contributed by atoms with E-state index in [-0.39, 0.29) is 0 Å². The van der Waals surface area contributed by atoms with E-state index in [0.717, 1.165) is 22.5 Å². The molecule has 0 aliphatic rings. The number of rotatable bonds is 2. The van der Waals surface area contributed by atoms with Crippen LogP contribution >= 0.6 is 0 Å². The Morgan fingerprint density at radius 2 is 1.79 bits per heavy atom. The lowest BCUT2D eigenvalue weighted by Gasteiger charge is -2.08. The molecule has 1 aromatic carbocycles. The molecule has 4 heteroatoms. The van der Waals surface area contributed by atoms with E-state index in [1.807, 2.05) is 19.2 Å². The van der Waals surface area contributed by atoms with Crippen molar-refractivity contribution in [2.75, 3.05) is 0 Å². The zero-order valence-corrected chi connectivity index (χ0v) is 11.5. The van der Waals surface area contributed by atoms with E-state index in [2.05, 4.69) is 41.2 Å². The van der Waals surface area contributed by atoms with E-state index < -0.39 is 0 Å². The number of nitrogens with two attached hydrogens (primary N) is 1. The third kappa shape index (κ3) is 1.68. The number of aromatic nitrogens is 3. The van der Waals surface area contributed by atoms with Gasteiger partial charge in [0.05, 0.1) is 11.0 Å². The fraction of sp³-hybridized carbons (Fsp3) is 0.267. The summed E-state index contributed by atoms with van der Waals surface area (Å²) in [6.45, 7) is 4.70. The maximum atomic E-state index is 5.80. The highest BCUT2D eigenvalue weighted by Gasteiger charge is 2.14. The Morgan fingerprint density at radius 1 is 1.11 bits per heavy atom. The molecular formula is C15H18N4. The molecule has 98 valence electrons. The number of nitrogens with zero attached hydrogens (tertiary/aromatic N) is 3. The first-order valence-corrected chi connectivity index (χ1v) is 6.43. The van der Waals surface area contributed by atoms with Gasteiger partial charge in [0.1, 0.15) is 0 Å². The van der Waals surface area contributed by atoms with Crippen LogP contribution in [-0.2, 0) is 13.6 Å². The van der Waals surface area contributed by atoms with Crippen LogP contribution in [0.4, 0.5) is 0 Å². The van der Waals surface area contributed by atoms with Gasteiger partial charge >= 0.3 is 0 Å². The number of hydrogen-bond acceptors (Lipinski definition) is 2. The smallest absolute Gasteiger partial charge is 0.215 e. The molecule has 0 amide bonds. The van der Waals surface area contributed by atoms with E-state index in [1.54, 1.807) is 0 Å². The molecule has 3 aromatic rings. The summed E-state index contributed by atoms with van der Waals surface area (Å²) in [5.41, 5.74) is 11.4. The van der Waals surface area contributed by atoms with Crippen molar-refractivity contribution in [1.82, 2.24) is 14.1 Å². The van der Waals surface area contributed by atoms with Gasteiger partial charge in [-0.2, -0.15) is 0 Å². The van der Waals surface area contributed by atoms with Crippen molar-refractivity contribution in [3.8, 4) is 5.95 Å². The van der Waals surface area contributed by atoms with Crippen LogP contribution in [0.15, 0.2) is 30.3 Å². The molecule has 0 aliphatic heterocycles. The molecule has 0 radical (unpaired) electrons. The van der Waals surface area contributed by atoms with Gasteiger partial charge in [0.15, 0.2) is 0 Å². The van der Waals surface area contributed by atoms with E-state index in [0.29, 0.717) is 6.54 Å². The number of benzene rings is 1. The van der Waals surface area contributed by atoms with E-state index in [1.165, 1.54) is 11.4 Å². The van der Waals surface area contributed by atoms with Crippen molar-refractivity contribution in [1.29, 1.82) is 0 Å². The van der Waals surface area contributed by atoms with Gasteiger partial charge in [0, 0.05) is 25.0 Å². The summed E-state index contributed by atoms with van der Waals surface area (Å²) >= 11 is 0. The maximum Gasteiger partial charge on any atom is 0.215 e. The van der Waals surface area contributed by atoms with Gasteiger partial charge in [0.25, 0.3) is 0 Å². The van der Waals surface area contributed by atoms with Gasteiger partial charge in [0.2, 0.25) is 5.95 Å². The number of para-hydroxylation sites is 1. The second-order valence-corrected chi connectivity index (χ2v) is 4.91. The fourth-order valence-corrected chi connectivity index (χ4v) is 2.61. The Labute approximate surface area is 112 Å². The molecule has 0 aliphatic carbocycles. The van der Waals surface area contributed by atoms with Crippen LogP contribution in [0, 0.1) is 13.8 Å². The maximum absolute atomic E-state index is 5.80. The molecule has 2 N–H and O–H groups in total. The van der Waals surface area contributed by atoms with Crippen molar-refractivity contribution < 1.29 is 0 Å². The van der Waals surface area contributed by atoms with Crippen molar-refractivity contribution in [2.45, 2.75) is 20.4 Å². The van der Waals surface area contributed by atoms with Crippen LogP contribution in [0.2, 0.25) is 0 Å². The largest absolute Gasteiger partial charge is 0.326 e. The van der Waals surface area contributed by atoms with E-state index in [4.69, 9.17) is 10.7 Å². The molecule has 0 saturated carbocycles. The first kappa shape index (κ1) is 12.0. The van der Waals surface area contributed by atoms with Crippen LogP contribution in [0.3, 0.4) is 0 Å². The predicted molar refractivity (Wildman–Crippen MR) is 77.4 cm³/mol. The number of imidazole rings is 1. The van der Waals surface area contributed by atoms with Crippen LogP contribution < -0.4 is 5.73 Å². The lowest BCUT2D eigenvalue weighted by Crippen LogP contribution is -2.06. The van der Waals surface area contributed by atoms with Crippen molar-refractivity contribution >= 4 is 11.0 Å². The molecule has 0 atom stereocenters. The lowest BCUT2D eigenvalue weighted by molar-refractivity contribution is 0.806. The summed E-state index contributed by atoms with van der Waals surface area (Å²) in [5.74, 6) is 0.941. The topological polar surface area (TPSA) is 48.8 Å². The van der Waals surface area contributed by atoms with Crippen LogP contribution in [0.1, 0.15) is 17.0 Å². The Kier molecular flexibility index (Phi) is 2.68. The molecule has 4 nitrogen and oxygen atoms in total. The standard InChI is InChI=1S/C15H18N4/c1-10-7-8-11(2)19(10)15-17-14-12(9-16)5-4-6-13(14)18(15)3/h4-8H,9,16H2,1-3H3. The minimum Gasteiger partial charge on any atom is -0.326 e. The molecule has 3 rings (SSSR count). The molecule has 0 spiro atoms. The molecule has 0 unspecified atom stereocenters. The molecular weight excluding hydrogens is 236 g/mol. The van der Waals surface area contributed by atoms with Gasteiger partial charge in [-0.05, 0) is 37.6 Å². The third-order valence-electron chi connectivity index (χ3n) is 3.66. The van der Waals surface area contributed by atoms with E-state index >= 15 is 0 Å². The monoisotopic (exact) mass is 254 g/mol. The average molecular weight is 254 g/mol. The minimum atomic E-state index is 0.511. The molecule has 0 bridgehead atoms. The molecule has 19 heavy (non-hydrogen) atoms. The lowest BCUT2D eigenvalue weighted by atomic mass is 10.2. The molecule has 0 fully saturated rings. The highest BCUT2D eigenvalue weighted by atomic mass is 15.2. The quantitative estimate of drug-likeness (QED) is 0.763. The first-order valence-electron chi connectivity index (χ1n) is 6.43. The molecule has 2 heterocycles. The second kappa shape index (κ2) is 4.24. The Balaban J connectivity index is 2.35. The minimum absolute atomic E-state index is 0.511. The SMILES string of the molecule is Cc1ccc(C)n1-c1nc2c(CN)cccc2n1C. The predicted octanol–water partition coefficient (Wildman–Crippen LogP) is 2.44. The Bertz CT molecular complexity index is 729. The highest BCUT2D eigenvalue weighted by Crippen LogP contribution is 2.23. The van der Waals surface area contributed by atoms with Crippen LogP contribution in [0.25, 0.3) is 17.0 Å². The normalized spacial score (nSPS) is 11.4. The molecule has 2 aromatic heterocycles. The summed E-state index contributed by atoms with van der Waals surface area (Å²) < 4.78 is 4.29. The average Bonchev–Trinajstić information content (AvgIpc) is 2.91. The number of hydrogen-bond donors (Lipinski definition) is 1. The van der Waals surface area contributed by atoms with Crippen LogP contribution in [-0.4, -0.2) is 14.1 Å². The van der Waals surface area contributed by atoms with Gasteiger partial charge in [-0.25, -0.2) is 4.98 Å². The first-order chi connectivity index (χ1) is 9.13. The van der Waals surface area contributed by atoms with Gasteiger partial charge in [-0.15, -0.1) is 0 Å². The fourth-order valence-electron chi connectivity index (χ4n) is 2.61. The summed E-state index contributed by atoms with van der Waals surface area (Å²) in [7, 11) is 2.05. The summed E-state index contributed by atoms with van der Waals surface area (Å²) in [6, 6.07) is 10.4.